The molecule has 1 amide bonds. The second kappa shape index (κ2) is 9.63. The van der Waals surface area contributed by atoms with Crippen LogP contribution in [0.1, 0.15) is 23.3 Å². The summed E-state index contributed by atoms with van der Waals surface area (Å²) in [7, 11) is 1.69. The van der Waals surface area contributed by atoms with Gasteiger partial charge in [-0.3, -0.25) is 9.69 Å². The van der Waals surface area contributed by atoms with Crippen LogP contribution in [0.5, 0.6) is 5.75 Å². The standard InChI is InChI=1S/C23H29N5O2/c1-30-21-9-7-19(8-10-21)27-16-14-26(15-17-27)12-5-3-11-24-23(29)22-18-20-6-2-4-13-28(20)25-22/h2,4,6-10,13,18H,3,5,11-12,14-17H2,1H3,(H,24,29). The average molecular weight is 408 g/mol. The number of carbonyl (C=O) groups is 1. The predicted octanol–water partition coefficient (Wildman–Crippen LogP) is 2.68. The quantitative estimate of drug-likeness (QED) is 0.582. The first kappa shape index (κ1) is 20.2. The average Bonchev–Trinajstić information content (AvgIpc) is 3.24. The molecular formula is C23H29N5O2. The second-order valence-corrected chi connectivity index (χ2v) is 7.59. The Morgan fingerprint density at radius 3 is 2.60 bits per heavy atom. The fraction of sp³-hybridized carbons (Fsp3) is 0.391. The highest BCUT2D eigenvalue weighted by atomic mass is 16.5. The Balaban J connectivity index is 1.13. The molecule has 1 aliphatic rings. The molecule has 2 aromatic heterocycles. The molecule has 0 aliphatic carbocycles. The van der Waals surface area contributed by atoms with Gasteiger partial charge in [0.15, 0.2) is 5.69 Å². The Bertz CT molecular complexity index is 928. The Labute approximate surface area is 177 Å². The number of unbranched alkanes of at least 4 members (excludes halogenated alkanes) is 1. The fourth-order valence-electron chi connectivity index (χ4n) is 3.82. The van der Waals surface area contributed by atoms with Gasteiger partial charge in [-0.15, -0.1) is 0 Å². The van der Waals surface area contributed by atoms with Crippen LogP contribution in [-0.4, -0.2) is 66.8 Å². The zero-order valence-electron chi connectivity index (χ0n) is 17.5. The molecule has 30 heavy (non-hydrogen) atoms. The summed E-state index contributed by atoms with van der Waals surface area (Å²) in [6.07, 6.45) is 3.90. The lowest BCUT2D eigenvalue weighted by atomic mass is 10.2. The van der Waals surface area contributed by atoms with Gasteiger partial charge in [-0.1, -0.05) is 6.07 Å². The number of nitrogens with one attached hydrogen (secondary N) is 1. The van der Waals surface area contributed by atoms with Gasteiger partial charge in [-0.05, 0) is 61.9 Å². The van der Waals surface area contributed by atoms with E-state index in [1.807, 2.05) is 42.6 Å². The highest BCUT2D eigenvalue weighted by Crippen LogP contribution is 2.20. The summed E-state index contributed by atoms with van der Waals surface area (Å²) < 4.78 is 6.96. The molecule has 1 saturated heterocycles. The largest absolute Gasteiger partial charge is 0.497 e. The van der Waals surface area contributed by atoms with Crippen LogP contribution in [0.2, 0.25) is 0 Å². The predicted molar refractivity (Wildman–Crippen MR) is 118 cm³/mol. The number of anilines is 1. The lowest BCUT2D eigenvalue weighted by Crippen LogP contribution is -2.46. The fourth-order valence-corrected chi connectivity index (χ4v) is 3.82. The first-order valence-corrected chi connectivity index (χ1v) is 10.6. The highest BCUT2D eigenvalue weighted by Gasteiger charge is 2.17. The van der Waals surface area contributed by atoms with Crippen molar-refractivity contribution >= 4 is 17.1 Å². The van der Waals surface area contributed by atoms with E-state index < -0.39 is 0 Å². The maximum absolute atomic E-state index is 12.3. The third kappa shape index (κ3) is 4.91. The molecule has 7 nitrogen and oxygen atoms in total. The van der Waals surface area contributed by atoms with E-state index in [-0.39, 0.29) is 5.91 Å². The molecular weight excluding hydrogens is 378 g/mol. The maximum Gasteiger partial charge on any atom is 0.271 e. The molecule has 158 valence electrons. The zero-order chi connectivity index (χ0) is 20.8. The first-order chi connectivity index (χ1) is 14.7. The minimum absolute atomic E-state index is 0.105. The van der Waals surface area contributed by atoms with E-state index in [4.69, 9.17) is 4.74 Å². The van der Waals surface area contributed by atoms with Gasteiger partial charge in [0, 0.05) is 44.6 Å². The number of benzene rings is 1. The van der Waals surface area contributed by atoms with Crippen LogP contribution >= 0.6 is 0 Å². The molecule has 7 heteroatoms. The summed E-state index contributed by atoms with van der Waals surface area (Å²) in [6, 6.07) is 15.9. The third-order valence-corrected chi connectivity index (χ3v) is 5.60. The van der Waals surface area contributed by atoms with E-state index in [9.17, 15) is 4.79 Å². The number of methoxy groups -OCH3 is 1. The van der Waals surface area contributed by atoms with E-state index >= 15 is 0 Å². The van der Waals surface area contributed by atoms with Crippen molar-refractivity contribution in [3.63, 3.8) is 0 Å². The molecule has 0 atom stereocenters. The topological polar surface area (TPSA) is 62.1 Å². The number of piperazine rings is 1. The van der Waals surface area contributed by atoms with Crippen molar-refractivity contribution in [2.24, 2.45) is 0 Å². The molecule has 3 heterocycles. The van der Waals surface area contributed by atoms with Crippen molar-refractivity contribution in [3.05, 3.63) is 60.4 Å². The Morgan fingerprint density at radius 1 is 1.07 bits per heavy atom. The monoisotopic (exact) mass is 407 g/mol. The molecule has 0 radical (unpaired) electrons. The van der Waals surface area contributed by atoms with Gasteiger partial charge in [0.2, 0.25) is 0 Å². The minimum Gasteiger partial charge on any atom is -0.497 e. The summed E-state index contributed by atoms with van der Waals surface area (Å²) in [4.78, 5) is 17.2. The van der Waals surface area contributed by atoms with Crippen molar-refractivity contribution < 1.29 is 9.53 Å². The molecule has 3 aromatic rings. The smallest absolute Gasteiger partial charge is 0.271 e. The summed E-state index contributed by atoms with van der Waals surface area (Å²) >= 11 is 0. The molecule has 1 fully saturated rings. The summed E-state index contributed by atoms with van der Waals surface area (Å²) in [5, 5.41) is 7.30. The number of nitrogens with zero attached hydrogens (tertiary/aromatic N) is 4. The summed E-state index contributed by atoms with van der Waals surface area (Å²) in [5.74, 6) is 0.789. The van der Waals surface area contributed by atoms with Crippen molar-refractivity contribution in [3.8, 4) is 5.75 Å². The van der Waals surface area contributed by atoms with Crippen molar-refractivity contribution in [2.75, 3.05) is 51.3 Å². The lowest BCUT2D eigenvalue weighted by molar-refractivity contribution is 0.0947. The van der Waals surface area contributed by atoms with Crippen molar-refractivity contribution in [2.45, 2.75) is 12.8 Å². The molecule has 4 rings (SSSR count). The van der Waals surface area contributed by atoms with Gasteiger partial charge in [0.05, 0.1) is 12.6 Å². The van der Waals surface area contributed by atoms with E-state index in [1.165, 1.54) is 5.69 Å². The molecule has 1 aromatic carbocycles. The normalized spacial score (nSPS) is 14.8. The molecule has 1 aliphatic heterocycles. The number of pyridine rings is 1. The van der Waals surface area contributed by atoms with Gasteiger partial charge in [-0.2, -0.15) is 5.10 Å². The molecule has 0 saturated carbocycles. The molecule has 1 N–H and O–H groups in total. The summed E-state index contributed by atoms with van der Waals surface area (Å²) in [6.45, 7) is 5.96. The lowest BCUT2D eigenvalue weighted by Gasteiger charge is -2.36. The second-order valence-electron chi connectivity index (χ2n) is 7.59. The number of carbonyl (C=O) groups excluding carboxylic acids is 1. The SMILES string of the molecule is COc1ccc(N2CCN(CCCCNC(=O)c3cc4ccccn4n3)CC2)cc1. The number of hydrogen-bond acceptors (Lipinski definition) is 5. The van der Waals surface area contributed by atoms with Gasteiger partial charge in [-0.25, -0.2) is 4.52 Å². The number of fused-ring (bicyclic) bond motifs is 1. The molecule has 0 spiro atoms. The van der Waals surface area contributed by atoms with Gasteiger partial charge in [0.1, 0.15) is 5.75 Å². The number of ether oxygens (including phenoxy) is 1. The van der Waals surface area contributed by atoms with Crippen molar-refractivity contribution in [1.29, 1.82) is 0 Å². The number of rotatable bonds is 8. The number of hydrogen-bond donors (Lipinski definition) is 1. The van der Waals surface area contributed by atoms with Gasteiger partial charge >= 0.3 is 0 Å². The number of aromatic nitrogens is 2. The third-order valence-electron chi connectivity index (χ3n) is 5.60. The van der Waals surface area contributed by atoms with Crippen molar-refractivity contribution in [1.82, 2.24) is 19.8 Å². The Hall–Kier alpha value is -3.06. The maximum atomic E-state index is 12.3. The van der Waals surface area contributed by atoms with Crippen LogP contribution in [-0.2, 0) is 0 Å². The Morgan fingerprint density at radius 2 is 1.87 bits per heavy atom. The van der Waals surface area contributed by atoms with E-state index in [1.54, 1.807) is 11.6 Å². The first-order valence-electron chi connectivity index (χ1n) is 10.6. The number of amides is 1. The zero-order valence-corrected chi connectivity index (χ0v) is 17.5. The van der Waals surface area contributed by atoms with Crippen LogP contribution in [0.25, 0.3) is 5.52 Å². The molecule has 0 unspecified atom stereocenters. The molecule has 0 bridgehead atoms. The Kier molecular flexibility index (Phi) is 6.49. The van der Waals surface area contributed by atoms with Gasteiger partial charge < -0.3 is 15.0 Å². The van der Waals surface area contributed by atoms with Gasteiger partial charge in [0.25, 0.3) is 5.91 Å². The summed E-state index contributed by atoms with van der Waals surface area (Å²) in [5.41, 5.74) is 2.65. The highest BCUT2D eigenvalue weighted by molar-refractivity contribution is 5.93. The van der Waals surface area contributed by atoms with Crippen LogP contribution in [0, 0.1) is 0 Å². The van der Waals surface area contributed by atoms with E-state index in [0.717, 1.165) is 56.8 Å². The van der Waals surface area contributed by atoms with Crippen LogP contribution in [0.3, 0.4) is 0 Å². The van der Waals surface area contributed by atoms with Crippen LogP contribution in [0.15, 0.2) is 54.7 Å². The van der Waals surface area contributed by atoms with E-state index in [2.05, 4.69) is 32.3 Å². The van der Waals surface area contributed by atoms with Crippen LogP contribution in [0.4, 0.5) is 5.69 Å². The van der Waals surface area contributed by atoms with Crippen LogP contribution < -0.4 is 15.0 Å². The minimum atomic E-state index is -0.105. The van der Waals surface area contributed by atoms with E-state index in [0.29, 0.717) is 12.2 Å².